The molecule has 0 spiro atoms. The molecule has 0 atom stereocenters. The maximum absolute atomic E-state index is 12.4. The zero-order valence-corrected chi connectivity index (χ0v) is 17.5. The quantitative estimate of drug-likeness (QED) is 0.415. The highest BCUT2D eigenvalue weighted by molar-refractivity contribution is 6.34. The smallest absolute Gasteiger partial charge is 0.248 e. The molecule has 5 nitrogen and oxygen atoms in total. The van der Waals surface area contributed by atoms with Gasteiger partial charge in [0, 0.05) is 6.08 Å². The Morgan fingerprint density at radius 2 is 1.67 bits per heavy atom. The van der Waals surface area contributed by atoms with Crippen LogP contribution in [0.25, 0.3) is 22.8 Å². The molecule has 150 valence electrons. The van der Waals surface area contributed by atoms with E-state index < -0.39 is 0 Å². The number of fused-ring (bicyclic) bond motifs is 1. The normalized spacial score (nSPS) is 11.5. The summed E-state index contributed by atoms with van der Waals surface area (Å²) >= 11 is 6.35. The van der Waals surface area contributed by atoms with Crippen LogP contribution in [0, 0.1) is 0 Å². The van der Waals surface area contributed by atoms with Crippen LogP contribution >= 0.6 is 11.6 Å². The molecule has 0 radical (unpaired) electrons. The van der Waals surface area contributed by atoms with Gasteiger partial charge < -0.3 is 5.32 Å². The number of nitrogens with zero attached hydrogens (tertiary/aromatic N) is 3. The van der Waals surface area contributed by atoms with Gasteiger partial charge in [-0.1, -0.05) is 67.9 Å². The lowest BCUT2D eigenvalue weighted by Crippen LogP contribution is -2.08. The number of carbonyl (C=O) groups excluding carboxylic acids is 1. The van der Waals surface area contributed by atoms with Gasteiger partial charge in [0.05, 0.1) is 16.4 Å². The second-order valence-electron chi connectivity index (χ2n) is 7.29. The Bertz CT molecular complexity index is 1210. The van der Waals surface area contributed by atoms with Crippen molar-refractivity contribution in [2.75, 3.05) is 5.32 Å². The fourth-order valence-corrected chi connectivity index (χ4v) is 3.25. The molecule has 0 fully saturated rings. The predicted octanol–water partition coefficient (Wildman–Crippen LogP) is 5.85. The van der Waals surface area contributed by atoms with Gasteiger partial charge in [-0.3, -0.25) is 4.79 Å². The van der Waals surface area contributed by atoms with E-state index >= 15 is 0 Å². The van der Waals surface area contributed by atoms with Gasteiger partial charge in [-0.25, -0.2) is 0 Å². The summed E-state index contributed by atoms with van der Waals surface area (Å²) < 4.78 is 0. The average Bonchev–Trinajstić information content (AvgIpc) is 3.16. The van der Waals surface area contributed by atoms with Crippen LogP contribution in [-0.4, -0.2) is 20.9 Å². The first kappa shape index (κ1) is 19.9. The van der Waals surface area contributed by atoms with Gasteiger partial charge in [0.1, 0.15) is 11.0 Å². The Hall–Kier alpha value is -3.44. The van der Waals surface area contributed by atoms with E-state index in [9.17, 15) is 4.79 Å². The molecule has 1 N–H and O–H groups in total. The summed E-state index contributed by atoms with van der Waals surface area (Å²) in [6, 6.07) is 21.2. The molecule has 0 saturated carbocycles. The van der Waals surface area contributed by atoms with Crippen molar-refractivity contribution in [2.45, 2.75) is 19.8 Å². The third-order valence-electron chi connectivity index (χ3n) is 4.74. The minimum Gasteiger partial charge on any atom is -0.321 e. The van der Waals surface area contributed by atoms with Gasteiger partial charge >= 0.3 is 0 Å². The van der Waals surface area contributed by atoms with Gasteiger partial charge in [0.15, 0.2) is 0 Å². The third-order valence-corrected chi connectivity index (χ3v) is 5.06. The molecule has 1 aromatic heterocycles. The molecule has 3 aromatic carbocycles. The van der Waals surface area contributed by atoms with E-state index in [1.807, 2.05) is 42.5 Å². The molecule has 1 amide bonds. The Balaban J connectivity index is 1.51. The first-order valence-corrected chi connectivity index (χ1v) is 10.1. The SMILES string of the molecule is CC(C)c1ccc(C=CC(=O)Nc2cc3nn(-c4ccccc4)nc3cc2Cl)cc1. The highest BCUT2D eigenvalue weighted by Crippen LogP contribution is 2.27. The van der Waals surface area contributed by atoms with Crippen molar-refractivity contribution in [1.29, 1.82) is 0 Å². The van der Waals surface area contributed by atoms with Crippen LogP contribution in [0.2, 0.25) is 5.02 Å². The number of nitrogens with one attached hydrogen (secondary N) is 1. The lowest BCUT2D eigenvalue weighted by molar-refractivity contribution is -0.111. The fourth-order valence-electron chi connectivity index (χ4n) is 3.05. The van der Waals surface area contributed by atoms with Crippen LogP contribution in [0.15, 0.2) is 72.8 Å². The van der Waals surface area contributed by atoms with Crippen molar-refractivity contribution in [3.8, 4) is 5.69 Å². The van der Waals surface area contributed by atoms with Crippen LogP contribution in [0.1, 0.15) is 30.9 Å². The highest BCUT2D eigenvalue weighted by Gasteiger charge is 2.11. The van der Waals surface area contributed by atoms with E-state index in [-0.39, 0.29) is 5.91 Å². The molecule has 0 saturated heterocycles. The largest absolute Gasteiger partial charge is 0.321 e. The maximum Gasteiger partial charge on any atom is 0.248 e. The number of para-hydroxylation sites is 1. The first-order valence-electron chi connectivity index (χ1n) is 9.70. The zero-order chi connectivity index (χ0) is 21.1. The van der Waals surface area contributed by atoms with Crippen LogP contribution < -0.4 is 5.32 Å². The van der Waals surface area contributed by atoms with Crippen molar-refractivity contribution >= 4 is 40.3 Å². The number of hydrogen-bond donors (Lipinski definition) is 1. The number of benzene rings is 3. The van der Waals surface area contributed by atoms with Crippen molar-refractivity contribution in [3.63, 3.8) is 0 Å². The second kappa shape index (κ2) is 8.51. The molecule has 30 heavy (non-hydrogen) atoms. The Labute approximate surface area is 180 Å². The maximum atomic E-state index is 12.4. The van der Waals surface area contributed by atoms with Crippen LogP contribution in [-0.2, 0) is 4.79 Å². The third kappa shape index (κ3) is 4.42. The molecule has 0 aliphatic carbocycles. The van der Waals surface area contributed by atoms with Crippen molar-refractivity contribution in [1.82, 2.24) is 15.0 Å². The standard InChI is InChI=1S/C24H21ClN4O/c1-16(2)18-11-8-17(9-12-18)10-13-24(30)26-21-15-23-22(14-20(21)25)27-29(28-23)19-6-4-3-5-7-19/h3-16H,1-2H3,(H,26,30). The first-order chi connectivity index (χ1) is 14.5. The molecule has 1 heterocycles. The van der Waals surface area contributed by atoms with Gasteiger partial charge in [0.2, 0.25) is 5.91 Å². The van der Waals surface area contributed by atoms with E-state index in [0.717, 1.165) is 11.3 Å². The molecule has 0 unspecified atom stereocenters. The number of amides is 1. The van der Waals surface area contributed by atoms with E-state index in [1.54, 1.807) is 23.0 Å². The van der Waals surface area contributed by atoms with Crippen LogP contribution in [0.5, 0.6) is 0 Å². The topological polar surface area (TPSA) is 59.8 Å². The van der Waals surface area contributed by atoms with Gasteiger partial charge in [-0.05, 0) is 47.4 Å². The van der Waals surface area contributed by atoms with Crippen molar-refractivity contribution in [2.24, 2.45) is 0 Å². The lowest BCUT2D eigenvalue weighted by atomic mass is 10.0. The fraction of sp³-hybridized carbons (Fsp3) is 0.125. The van der Waals surface area contributed by atoms with E-state index in [2.05, 4.69) is 41.5 Å². The number of anilines is 1. The Kier molecular flexibility index (Phi) is 5.63. The number of aromatic nitrogens is 3. The zero-order valence-electron chi connectivity index (χ0n) is 16.7. The summed E-state index contributed by atoms with van der Waals surface area (Å²) in [6.07, 6.45) is 3.27. The van der Waals surface area contributed by atoms with Gasteiger partial charge in [-0.2, -0.15) is 4.80 Å². The molecule has 0 bridgehead atoms. The Morgan fingerprint density at radius 1 is 1.00 bits per heavy atom. The highest BCUT2D eigenvalue weighted by atomic mass is 35.5. The molecular formula is C24H21ClN4O. The Morgan fingerprint density at radius 3 is 2.33 bits per heavy atom. The molecule has 0 aliphatic heterocycles. The van der Waals surface area contributed by atoms with Gasteiger partial charge in [-0.15, -0.1) is 10.2 Å². The number of halogens is 1. The van der Waals surface area contributed by atoms with Crippen molar-refractivity contribution < 1.29 is 4.79 Å². The molecular weight excluding hydrogens is 396 g/mol. The minimum absolute atomic E-state index is 0.264. The summed E-state index contributed by atoms with van der Waals surface area (Å²) in [4.78, 5) is 13.9. The predicted molar refractivity (Wildman–Crippen MR) is 122 cm³/mol. The molecule has 4 aromatic rings. The molecule has 4 rings (SSSR count). The average molecular weight is 417 g/mol. The molecule has 6 heteroatoms. The molecule has 0 aliphatic rings. The summed E-state index contributed by atoms with van der Waals surface area (Å²) in [5.74, 6) is 0.211. The van der Waals surface area contributed by atoms with E-state index in [1.165, 1.54) is 11.6 Å². The summed E-state index contributed by atoms with van der Waals surface area (Å²) in [5, 5.41) is 12.2. The number of carbonyl (C=O) groups is 1. The van der Waals surface area contributed by atoms with E-state index in [0.29, 0.717) is 27.7 Å². The van der Waals surface area contributed by atoms with E-state index in [4.69, 9.17) is 11.6 Å². The number of hydrogen-bond acceptors (Lipinski definition) is 3. The number of rotatable bonds is 5. The summed E-state index contributed by atoms with van der Waals surface area (Å²) in [5.41, 5.74) is 4.87. The minimum atomic E-state index is -0.264. The second-order valence-corrected chi connectivity index (χ2v) is 7.70. The van der Waals surface area contributed by atoms with Crippen LogP contribution in [0.4, 0.5) is 5.69 Å². The monoisotopic (exact) mass is 416 g/mol. The summed E-state index contributed by atoms with van der Waals surface area (Å²) in [6.45, 7) is 4.30. The van der Waals surface area contributed by atoms with Crippen molar-refractivity contribution in [3.05, 3.63) is 89.0 Å². The van der Waals surface area contributed by atoms with Crippen LogP contribution in [0.3, 0.4) is 0 Å². The lowest BCUT2D eigenvalue weighted by Gasteiger charge is -2.05. The summed E-state index contributed by atoms with van der Waals surface area (Å²) in [7, 11) is 0. The van der Waals surface area contributed by atoms with Gasteiger partial charge in [0.25, 0.3) is 0 Å².